The van der Waals surface area contributed by atoms with Crippen LogP contribution in [0.15, 0.2) is 0 Å². The topological polar surface area (TPSA) is 262 Å². The first-order chi connectivity index (χ1) is 9.60. The van der Waals surface area contributed by atoms with Gasteiger partial charge < -0.3 is 57.7 Å². The maximum atomic E-state index is 9.39. The van der Waals surface area contributed by atoms with E-state index in [4.69, 9.17) is 47.8 Å². The monoisotopic (exact) mass is 370 g/mol. The fourth-order valence-electron chi connectivity index (χ4n) is 0.123. The average molecular weight is 370 g/mol. The van der Waals surface area contributed by atoms with Crippen LogP contribution in [0.5, 0.6) is 0 Å². The second-order valence-corrected chi connectivity index (χ2v) is 2.67. The molecule has 0 aliphatic carbocycles. The Hall–Kier alpha value is -1.77. The van der Waals surface area contributed by atoms with Crippen molar-refractivity contribution in [3.63, 3.8) is 0 Å². The first-order valence-electron chi connectivity index (χ1n) is 5.24. The van der Waals surface area contributed by atoms with Gasteiger partial charge in [-0.15, -0.1) is 0 Å². The van der Waals surface area contributed by atoms with Gasteiger partial charge in [0.2, 0.25) is 0 Å². The zero-order valence-corrected chi connectivity index (χ0v) is 12.5. The molecule has 0 rings (SSSR count). The van der Waals surface area contributed by atoms with Crippen LogP contribution in [0, 0.1) is 0 Å². The molecule has 22 heavy (non-hydrogen) atoms. The van der Waals surface area contributed by atoms with Crippen LogP contribution in [0.2, 0.25) is 0 Å². The normalized spacial score (nSPS) is 7.27. The van der Waals surface area contributed by atoms with Crippen molar-refractivity contribution in [2.45, 2.75) is 6.42 Å². The number of carboxylic acids is 4. The van der Waals surface area contributed by atoms with Crippen LogP contribution in [0.1, 0.15) is 6.42 Å². The summed E-state index contributed by atoms with van der Waals surface area (Å²) in [5.74, 6) is -7.31. The van der Waals surface area contributed by atoms with Crippen LogP contribution in [-0.2, 0) is 36.0 Å². The Kier molecular flexibility index (Phi) is 40.4. The van der Waals surface area contributed by atoms with Crippen LogP contribution in [0.25, 0.3) is 0 Å². The quantitative estimate of drug-likeness (QED) is 0.228. The maximum absolute atomic E-state index is 9.39. The number of carboxylic acid groups (broad SMARTS) is 4. The van der Waals surface area contributed by atoms with Gasteiger partial charge in [-0.3, -0.25) is 4.79 Å². The molecule has 0 aromatic carbocycles. The average Bonchev–Trinajstić information content (AvgIpc) is 2.38. The molecule has 0 bridgehead atoms. The summed E-state index contributed by atoms with van der Waals surface area (Å²) in [7, 11) is 0. The zero-order valence-electron chi connectivity index (χ0n) is 11.5. The standard InChI is InChI=1S/C3H4O4.2C2H8N2.C2H2O4.Co/c4-2(5)1-3(6)7;2*3-1-2-4;3-1(4)2(5)6;/h1H2,(H,4,5)(H,6,7);2*1-4H2;(H,3,4)(H,5,6);/q;;;;+3/p-3. The van der Waals surface area contributed by atoms with E-state index in [1.54, 1.807) is 0 Å². The second-order valence-electron chi connectivity index (χ2n) is 2.67. The molecular weight excluding hydrogens is 351 g/mol. The van der Waals surface area contributed by atoms with E-state index in [1.807, 2.05) is 0 Å². The third-order valence-corrected chi connectivity index (χ3v) is 0.796. The summed E-state index contributed by atoms with van der Waals surface area (Å²) in [4.78, 5) is 36.6. The van der Waals surface area contributed by atoms with E-state index >= 15 is 0 Å². The minimum atomic E-state index is -2.19. The van der Waals surface area contributed by atoms with Crippen LogP contribution in [-0.4, -0.2) is 55.2 Å². The molecule has 0 heterocycles. The molecule has 132 valence electrons. The summed E-state index contributed by atoms with van der Waals surface area (Å²) in [5.41, 5.74) is 19.6. The summed E-state index contributed by atoms with van der Waals surface area (Å²) in [6.45, 7) is 2.39. The number of hydrogen-bond donors (Lipinski definition) is 5. The third-order valence-electron chi connectivity index (χ3n) is 0.796. The van der Waals surface area contributed by atoms with E-state index < -0.39 is 30.3 Å². The molecule has 0 aromatic heterocycles. The predicted octanol–water partition coefficient (Wildman–Crippen LogP) is -7.50. The zero-order chi connectivity index (χ0) is 17.8. The molecule has 9 N–H and O–H groups in total. The Balaban J connectivity index is -0.0000000593. The first kappa shape index (κ1) is 32.2. The smallest absolute Gasteiger partial charge is 0.550 e. The molecule has 0 aliphatic rings. The minimum absolute atomic E-state index is 0. The van der Waals surface area contributed by atoms with Crippen molar-refractivity contribution >= 4 is 23.9 Å². The van der Waals surface area contributed by atoms with Crippen LogP contribution in [0.4, 0.5) is 0 Å². The molecule has 0 radical (unpaired) electrons. The fourth-order valence-corrected chi connectivity index (χ4v) is 0.123. The number of aliphatic carboxylic acids is 4. The summed E-state index contributed by atoms with van der Waals surface area (Å²) in [6.07, 6.45) is -0.917. The number of carbonyl (C=O) groups is 4. The molecular formula is C9H19CoN4O8. The SMILES string of the molecule is NCCN.NCCN.O=C([O-])C(=O)[O-].O=C([O-])CC(=O)O.[Co+3]. The molecule has 0 saturated heterocycles. The molecule has 13 heteroatoms. The van der Waals surface area contributed by atoms with Gasteiger partial charge in [0, 0.05) is 26.2 Å². The molecule has 0 fully saturated rings. The molecule has 0 atom stereocenters. The predicted molar refractivity (Wildman–Crippen MR) is 63.5 cm³/mol. The summed E-state index contributed by atoms with van der Waals surface area (Å²) >= 11 is 0. The maximum Gasteiger partial charge on any atom is 3.00 e. The van der Waals surface area contributed by atoms with Crippen molar-refractivity contribution in [2.24, 2.45) is 22.9 Å². The Morgan fingerprint density at radius 1 is 0.727 bits per heavy atom. The number of carbonyl (C=O) groups excluding carboxylic acids is 3. The molecule has 12 nitrogen and oxygen atoms in total. The van der Waals surface area contributed by atoms with E-state index in [1.165, 1.54) is 0 Å². The van der Waals surface area contributed by atoms with E-state index in [0.29, 0.717) is 26.2 Å². The van der Waals surface area contributed by atoms with Crippen molar-refractivity contribution in [2.75, 3.05) is 26.2 Å². The van der Waals surface area contributed by atoms with E-state index in [-0.39, 0.29) is 16.8 Å². The first-order valence-corrected chi connectivity index (χ1v) is 5.24. The fraction of sp³-hybridized carbons (Fsp3) is 0.556. The third kappa shape index (κ3) is 79.9. The van der Waals surface area contributed by atoms with Crippen molar-refractivity contribution < 1.29 is 56.4 Å². The van der Waals surface area contributed by atoms with Crippen molar-refractivity contribution in [1.29, 1.82) is 0 Å². The molecule has 0 saturated carbocycles. The van der Waals surface area contributed by atoms with E-state index in [0.717, 1.165) is 0 Å². The van der Waals surface area contributed by atoms with Crippen molar-refractivity contribution in [1.82, 2.24) is 0 Å². The van der Waals surface area contributed by atoms with Gasteiger partial charge in [0.05, 0.1) is 24.3 Å². The number of hydrogen-bond acceptors (Lipinski definition) is 11. The van der Waals surface area contributed by atoms with Gasteiger partial charge in [-0.25, -0.2) is 0 Å². The number of nitrogens with two attached hydrogens (primary N) is 4. The molecule has 0 aromatic rings. The van der Waals surface area contributed by atoms with Crippen molar-refractivity contribution in [3.05, 3.63) is 0 Å². The van der Waals surface area contributed by atoms with Gasteiger partial charge in [-0.05, 0) is 0 Å². The van der Waals surface area contributed by atoms with Gasteiger partial charge in [-0.1, -0.05) is 0 Å². The Labute approximate surface area is 136 Å². The van der Waals surface area contributed by atoms with Crippen LogP contribution in [0.3, 0.4) is 0 Å². The summed E-state index contributed by atoms with van der Waals surface area (Å²) in [5, 5.41) is 34.8. The summed E-state index contributed by atoms with van der Waals surface area (Å²) < 4.78 is 0. The minimum Gasteiger partial charge on any atom is -0.550 e. The Bertz CT molecular complexity index is 271. The largest absolute Gasteiger partial charge is 3.00 e. The van der Waals surface area contributed by atoms with Gasteiger partial charge in [0.25, 0.3) is 0 Å². The molecule has 0 amide bonds. The van der Waals surface area contributed by atoms with Crippen molar-refractivity contribution in [3.8, 4) is 0 Å². The number of rotatable bonds is 4. The Morgan fingerprint density at radius 3 is 0.955 bits per heavy atom. The van der Waals surface area contributed by atoms with Crippen LogP contribution < -0.4 is 38.3 Å². The van der Waals surface area contributed by atoms with E-state index in [2.05, 4.69) is 0 Å². The molecule has 0 aliphatic heterocycles. The molecule has 0 unspecified atom stereocenters. The second kappa shape index (κ2) is 27.5. The molecule has 0 spiro atoms. The van der Waals surface area contributed by atoms with Crippen LogP contribution >= 0.6 is 0 Å². The van der Waals surface area contributed by atoms with Gasteiger partial charge in [0.1, 0.15) is 0 Å². The van der Waals surface area contributed by atoms with Gasteiger partial charge in [-0.2, -0.15) is 0 Å². The Morgan fingerprint density at radius 2 is 0.955 bits per heavy atom. The summed E-state index contributed by atoms with van der Waals surface area (Å²) in [6, 6.07) is 0. The van der Waals surface area contributed by atoms with Gasteiger partial charge in [0.15, 0.2) is 0 Å². The van der Waals surface area contributed by atoms with Gasteiger partial charge >= 0.3 is 22.7 Å². The van der Waals surface area contributed by atoms with E-state index in [9.17, 15) is 14.7 Å².